The highest BCUT2D eigenvalue weighted by Crippen LogP contribution is 2.47. The quantitative estimate of drug-likeness (QED) is 0.867. The normalized spacial score (nSPS) is 17.3. The molecule has 1 saturated heterocycles. The van der Waals surface area contributed by atoms with Crippen molar-refractivity contribution < 1.29 is 27.8 Å². The SMILES string of the molecule is COc1cc(O)cc(OC)c1[C@H](N1CCNCC1)C(F)(F)F.Cl. The minimum absolute atomic E-state index is 0. The second-order valence-electron chi connectivity index (χ2n) is 4.99. The third-order valence-corrected chi connectivity index (χ3v) is 3.63. The van der Waals surface area contributed by atoms with Gasteiger partial charge in [-0.3, -0.25) is 4.90 Å². The van der Waals surface area contributed by atoms with Crippen LogP contribution >= 0.6 is 12.4 Å². The van der Waals surface area contributed by atoms with E-state index >= 15 is 0 Å². The molecule has 1 atom stereocenters. The zero-order valence-electron chi connectivity index (χ0n) is 12.8. The Balaban J connectivity index is 0.00000264. The third-order valence-electron chi connectivity index (χ3n) is 3.63. The molecule has 2 rings (SSSR count). The molecule has 5 nitrogen and oxygen atoms in total. The minimum Gasteiger partial charge on any atom is -0.508 e. The molecule has 0 radical (unpaired) electrons. The molecule has 132 valence electrons. The van der Waals surface area contributed by atoms with Crippen LogP contribution in [0, 0.1) is 0 Å². The van der Waals surface area contributed by atoms with Crippen molar-refractivity contribution in [2.75, 3.05) is 40.4 Å². The van der Waals surface area contributed by atoms with E-state index in [1.165, 1.54) is 31.3 Å². The van der Waals surface area contributed by atoms with E-state index in [-0.39, 0.29) is 48.3 Å². The molecule has 1 fully saturated rings. The highest BCUT2D eigenvalue weighted by Gasteiger charge is 2.47. The van der Waals surface area contributed by atoms with Gasteiger partial charge in [-0.1, -0.05) is 0 Å². The first-order valence-corrected chi connectivity index (χ1v) is 6.85. The Morgan fingerprint density at radius 3 is 2.00 bits per heavy atom. The van der Waals surface area contributed by atoms with Crippen LogP contribution in [0.1, 0.15) is 11.6 Å². The second-order valence-corrected chi connectivity index (χ2v) is 4.99. The summed E-state index contributed by atoms with van der Waals surface area (Å²) in [6.07, 6.45) is -4.49. The van der Waals surface area contributed by atoms with Gasteiger partial charge in [0, 0.05) is 38.3 Å². The molecule has 0 bridgehead atoms. The molecule has 0 spiro atoms. The van der Waals surface area contributed by atoms with Crippen molar-refractivity contribution in [1.82, 2.24) is 10.2 Å². The molecule has 1 aliphatic heterocycles. The Morgan fingerprint density at radius 2 is 1.61 bits per heavy atom. The number of alkyl halides is 3. The molecule has 1 aromatic carbocycles. The van der Waals surface area contributed by atoms with Crippen molar-refractivity contribution in [1.29, 1.82) is 0 Å². The van der Waals surface area contributed by atoms with Crippen LogP contribution in [0.5, 0.6) is 17.2 Å². The Hall–Kier alpha value is -1.38. The number of halogens is 4. The highest BCUT2D eigenvalue weighted by molar-refractivity contribution is 5.85. The van der Waals surface area contributed by atoms with Gasteiger partial charge in [0.2, 0.25) is 0 Å². The molecule has 1 aliphatic rings. The van der Waals surface area contributed by atoms with Crippen LogP contribution < -0.4 is 14.8 Å². The Labute approximate surface area is 138 Å². The van der Waals surface area contributed by atoms with Crippen LogP contribution in [0.15, 0.2) is 12.1 Å². The van der Waals surface area contributed by atoms with Crippen LogP contribution in [-0.4, -0.2) is 56.6 Å². The number of nitrogens with zero attached hydrogens (tertiary/aromatic N) is 1. The van der Waals surface area contributed by atoms with Gasteiger partial charge in [-0.15, -0.1) is 12.4 Å². The topological polar surface area (TPSA) is 54.0 Å². The van der Waals surface area contributed by atoms with E-state index in [0.29, 0.717) is 13.1 Å². The Kier molecular flexibility index (Phi) is 6.79. The molecule has 0 amide bonds. The summed E-state index contributed by atoms with van der Waals surface area (Å²) in [6, 6.07) is 0.484. The van der Waals surface area contributed by atoms with E-state index in [9.17, 15) is 18.3 Å². The smallest absolute Gasteiger partial charge is 0.408 e. The Bertz CT molecular complexity index is 497. The van der Waals surface area contributed by atoms with Gasteiger partial charge in [-0.25, -0.2) is 0 Å². The van der Waals surface area contributed by atoms with Gasteiger partial charge < -0.3 is 19.9 Å². The number of ether oxygens (including phenoxy) is 2. The molecule has 0 saturated carbocycles. The minimum atomic E-state index is -4.49. The number of nitrogens with one attached hydrogen (secondary N) is 1. The lowest BCUT2D eigenvalue weighted by Gasteiger charge is -2.37. The summed E-state index contributed by atoms with van der Waals surface area (Å²) in [5.74, 6) is -0.297. The molecule has 0 aliphatic carbocycles. The van der Waals surface area contributed by atoms with Crippen LogP contribution in [0.3, 0.4) is 0 Å². The maximum absolute atomic E-state index is 13.7. The number of phenols is 1. The molecule has 9 heteroatoms. The molecule has 1 heterocycles. The van der Waals surface area contributed by atoms with E-state index in [0.717, 1.165) is 0 Å². The van der Waals surface area contributed by atoms with Gasteiger partial charge in [0.1, 0.15) is 23.3 Å². The maximum Gasteiger partial charge on any atom is 0.408 e. The fourth-order valence-corrected chi connectivity index (χ4v) is 2.69. The van der Waals surface area contributed by atoms with Gasteiger partial charge in [-0.2, -0.15) is 13.2 Å². The van der Waals surface area contributed by atoms with Gasteiger partial charge >= 0.3 is 6.18 Å². The molecular formula is C14H20ClF3N2O3. The van der Waals surface area contributed by atoms with Crippen molar-refractivity contribution in [3.63, 3.8) is 0 Å². The summed E-state index contributed by atoms with van der Waals surface area (Å²) < 4.78 is 51.2. The highest BCUT2D eigenvalue weighted by atomic mass is 35.5. The van der Waals surface area contributed by atoms with Crippen LogP contribution in [0.25, 0.3) is 0 Å². The van der Waals surface area contributed by atoms with Gasteiger partial charge in [0.15, 0.2) is 0 Å². The van der Waals surface area contributed by atoms with Crippen LogP contribution in [-0.2, 0) is 0 Å². The molecule has 0 unspecified atom stereocenters. The molecular weight excluding hydrogens is 337 g/mol. The van der Waals surface area contributed by atoms with Crippen molar-refractivity contribution in [3.05, 3.63) is 17.7 Å². The fourth-order valence-electron chi connectivity index (χ4n) is 2.69. The summed E-state index contributed by atoms with van der Waals surface area (Å²) in [5, 5.41) is 12.6. The van der Waals surface area contributed by atoms with Gasteiger partial charge in [0.05, 0.1) is 19.8 Å². The number of piperazine rings is 1. The second kappa shape index (κ2) is 7.94. The van der Waals surface area contributed by atoms with Crippen molar-refractivity contribution in [2.24, 2.45) is 0 Å². The summed E-state index contributed by atoms with van der Waals surface area (Å²) in [7, 11) is 2.53. The van der Waals surface area contributed by atoms with Gasteiger partial charge in [0.25, 0.3) is 0 Å². The van der Waals surface area contributed by atoms with E-state index in [4.69, 9.17) is 9.47 Å². The number of hydrogen-bond donors (Lipinski definition) is 2. The number of rotatable bonds is 4. The van der Waals surface area contributed by atoms with Crippen LogP contribution in [0.4, 0.5) is 13.2 Å². The lowest BCUT2D eigenvalue weighted by atomic mass is 10.0. The summed E-state index contributed by atoms with van der Waals surface area (Å²) in [4.78, 5) is 1.34. The zero-order valence-corrected chi connectivity index (χ0v) is 13.6. The van der Waals surface area contributed by atoms with Crippen molar-refractivity contribution in [2.45, 2.75) is 12.2 Å². The summed E-state index contributed by atoms with van der Waals surface area (Å²) in [6.45, 7) is 1.49. The predicted molar refractivity (Wildman–Crippen MR) is 81.7 cm³/mol. The zero-order chi connectivity index (χ0) is 16.3. The monoisotopic (exact) mass is 356 g/mol. The maximum atomic E-state index is 13.7. The lowest BCUT2D eigenvalue weighted by Crippen LogP contribution is -2.49. The fraction of sp³-hybridized carbons (Fsp3) is 0.571. The first-order chi connectivity index (χ1) is 10.4. The Morgan fingerprint density at radius 1 is 1.13 bits per heavy atom. The number of methoxy groups -OCH3 is 2. The number of phenolic OH excluding ortho intramolecular Hbond substituents is 1. The van der Waals surface area contributed by atoms with E-state index in [1.54, 1.807) is 0 Å². The van der Waals surface area contributed by atoms with Gasteiger partial charge in [-0.05, 0) is 0 Å². The average molecular weight is 357 g/mol. The van der Waals surface area contributed by atoms with E-state index in [2.05, 4.69) is 5.32 Å². The number of hydrogen-bond acceptors (Lipinski definition) is 5. The van der Waals surface area contributed by atoms with E-state index in [1.807, 2.05) is 0 Å². The number of benzene rings is 1. The molecule has 2 N–H and O–H groups in total. The largest absolute Gasteiger partial charge is 0.508 e. The first kappa shape index (κ1) is 19.7. The average Bonchev–Trinajstić information content (AvgIpc) is 2.48. The predicted octanol–water partition coefficient (Wildman–Crippen LogP) is 2.34. The molecule has 0 aromatic heterocycles. The first-order valence-electron chi connectivity index (χ1n) is 6.85. The molecule has 1 aromatic rings. The summed E-state index contributed by atoms with van der Waals surface area (Å²) in [5.41, 5.74) is -0.114. The third kappa shape index (κ3) is 4.33. The molecule has 23 heavy (non-hydrogen) atoms. The summed E-state index contributed by atoms with van der Waals surface area (Å²) >= 11 is 0. The van der Waals surface area contributed by atoms with Crippen molar-refractivity contribution >= 4 is 12.4 Å². The lowest BCUT2D eigenvalue weighted by molar-refractivity contribution is -0.188. The number of aromatic hydroxyl groups is 1. The standard InChI is InChI=1S/C14H19F3N2O3.ClH/c1-21-10-7-9(20)8-11(22-2)12(10)13(14(15,16)17)19-5-3-18-4-6-19;/h7-8,13,18,20H,3-6H2,1-2H3;1H/t13-;/m0./s1. The van der Waals surface area contributed by atoms with E-state index < -0.39 is 12.2 Å². The van der Waals surface area contributed by atoms with Crippen molar-refractivity contribution in [3.8, 4) is 17.2 Å². The van der Waals surface area contributed by atoms with Crippen LogP contribution in [0.2, 0.25) is 0 Å².